The van der Waals surface area contributed by atoms with Gasteiger partial charge in [0, 0.05) is 20.3 Å². The Kier molecular flexibility index (Phi) is 15.8. The van der Waals surface area contributed by atoms with Crippen molar-refractivity contribution in [3.63, 3.8) is 0 Å². The highest BCUT2D eigenvalue weighted by Crippen LogP contribution is 2.35. The number of rotatable bonds is 16. The summed E-state index contributed by atoms with van der Waals surface area (Å²) in [7, 11) is 0. The first kappa shape index (κ1) is 44.6. The van der Waals surface area contributed by atoms with Gasteiger partial charge >= 0.3 is 11.9 Å². The average Bonchev–Trinajstić information content (AvgIpc) is 3.09. The number of aliphatic carboxylic acids is 2. The molecule has 3 rings (SSSR count). The number of amides is 2. The Balaban J connectivity index is 1.90. The first-order valence-corrected chi connectivity index (χ1v) is 16.4. The zero-order valence-electron chi connectivity index (χ0n) is 28.7. The number of nitrogens with one attached hydrogen (secondary N) is 2. The smallest absolute Gasteiger partial charge is 0.364 e. The van der Waals surface area contributed by atoms with E-state index in [0.717, 1.165) is 13.8 Å². The third-order valence-electron chi connectivity index (χ3n) is 8.99. The van der Waals surface area contributed by atoms with E-state index < -0.39 is 160 Å². The number of carboxylic acid groups (broad SMARTS) is 2. The Morgan fingerprint density at radius 3 is 1.98 bits per heavy atom. The number of aliphatic hydroxyl groups excluding tert-OH is 9. The van der Waals surface area contributed by atoms with Crippen LogP contribution in [-0.4, -0.2) is 209 Å². The number of hydrogen-bond acceptors (Lipinski definition) is 20. The van der Waals surface area contributed by atoms with Gasteiger partial charge in [0.05, 0.1) is 38.1 Å². The normalized spacial score (nSPS) is 40.0. The molecule has 0 aliphatic carbocycles. The van der Waals surface area contributed by atoms with Gasteiger partial charge < -0.3 is 101 Å². The molecule has 18 atom stereocenters. The van der Waals surface area contributed by atoms with Crippen LogP contribution in [0.3, 0.4) is 0 Å². The Morgan fingerprint density at radius 1 is 0.868 bits per heavy atom. The molecular weight excluding hydrogens is 726 g/mol. The highest BCUT2D eigenvalue weighted by atomic mass is 16.8. The van der Waals surface area contributed by atoms with Crippen molar-refractivity contribution in [3.05, 3.63) is 0 Å². The lowest BCUT2D eigenvalue weighted by Gasteiger charge is -2.49. The predicted molar refractivity (Wildman–Crippen MR) is 166 cm³/mol. The Bertz CT molecular complexity index is 1270. The Morgan fingerprint density at radius 2 is 1.45 bits per heavy atom. The lowest BCUT2D eigenvalue weighted by Crippen LogP contribution is -2.69. The van der Waals surface area contributed by atoms with E-state index in [0.29, 0.717) is 0 Å². The number of carboxylic acids is 2. The standard InChI is InChI=1S/C29H49N3O21/c1-8(15(30)25(44)45)49-26-17(32-10(3)36)23(20(41)13(6-34)50-26)52-27-22(43)21(42)19(40)14(51-27)7-48-29(28(46)47)4-11(37)16(31-9(2)35)24(53-29)18(39)12(38)5-33/h8,11-24,26-27,33-34,37-43H,4-7,30H2,1-3H3,(H,31,35)(H,32,36)(H,44,45)(H,46,47)/t8-,11+,12-,13-,14-,15+,16-,17-,18-,19+,20+,21+,22-,23-,24-,26-,27+,29-/m1/s1. The fraction of sp³-hybridized carbons (Fsp3) is 0.862. The van der Waals surface area contributed by atoms with E-state index in [-0.39, 0.29) is 0 Å². The van der Waals surface area contributed by atoms with Crippen molar-refractivity contribution in [2.24, 2.45) is 5.73 Å². The molecule has 3 saturated heterocycles. The SMILES string of the molecule is CC(=O)N[C@H]1[C@H](O[C@H](C)[C@H](N)C(=O)O)O[C@H](CO)[C@H](O)[C@@H]1O[C@@H]1O[C@H](CO[C@]2(C(=O)O)C[C@H](O)[C@@H](NC(C)=O)[C@H]([C@H](O)[C@H](O)CO)O2)[C@H](O)[C@H](O)[C@H]1O. The second-order valence-corrected chi connectivity index (χ2v) is 13.0. The lowest BCUT2D eigenvalue weighted by molar-refractivity contribution is -0.359. The van der Waals surface area contributed by atoms with E-state index in [1.807, 2.05) is 0 Å². The summed E-state index contributed by atoms with van der Waals surface area (Å²) in [5, 5.41) is 118. The minimum absolute atomic E-state index is 0.744. The van der Waals surface area contributed by atoms with Crippen LogP contribution in [0.5, 0.6) is 0 Å². The zero-order chi connectivity index (χ0) is 40.1. The number of ether oxygens (including phenoxy) is 6. The molecule has 0 spiro atoms. The summed E-state index contributed by atoms with van der Waals surface area (Å²) in [6.45, 7) is 0.406. The molecular formula is C29H49N3O21. The molecule has 0 aromatic heterocycles. The number of aliphatic hydroxyl groups is 9. The third kappa shape index (κ3) is 10.3. The summed E-state index contributed by atoms with van der Waals surface area (Å²) in [5.74, 6) is -7.76. The zero-order valence-corrected chi connectivity index (χ0v) is 28.7. The van der Waals surface area contributed by atoms with Crippen molar-refractivity contribution in [1.82, 2.24) is 10.6 Å². The average molecular weight is 776 g/mol. The molecule has 3 aliphatic heterocycles. The molecule has 0 aromatic rings. The van der Waals surface area contributed by atoms with Crippen LogP contribution in [-0.2, 0) is 47.6 Å². The van der Waals surface area contributed by atoms with Gasteiger partial charge in [0.25, 0.3) is 5.79 Å². The van der Waals surface area contributed by atoms with Gasteiger partial charge in [0.15, 0.2) is 12.6 Å². The van der Waals surface area contributed by atoms with E-state index >= 15 is 0 Å². The van der Waals surface area contributed by atoms with Gasteiger partial charge in [-0.2, -0.15) is 0 Å². The molecule has 0 aromatic carbocycles. The number of carbonyl (C=O) groups excluding carboxylic acids is 2. The van der Waals surface area contributed by atoms with Crippen molar-refractivity contribution in [1.29, 1.82) is 0 Å². The van der Waals surface area contributed by atoms with E-state index in [9.17, 15) is 75.3 Å². The molecule has 3 heterocycles. The van der Waals surface area contributed by atoms with Crippen LogP contribution < -0.4 is 16.4 Å². The maximum Gasteiger partial charge on any atom is 0.364 e. The summed E-state index contributed by atoms with van der Waals surface area (Å²) in [6.07, 6.45) is -26.9. The maximum atomic E-state index is 12.6. The van der Waals surface area contributed by atoms with Crippen LogP contribution in [0.1, 0.15) is 27.2 Å². The maximum absolute atomic E-state index is 12.6. The van der Waals surface area contributed by atoms with Crippen molar-refractivity contribution in [3.8, 4) is 0 Å². The largest absolute Gasteiger partial charge is 0.480 e. The molecule has 24 heteroatoms. The molecule has 0 saturated carbocycles. The first-order chi connectivity index (χ1) is 24.7. The van der Waals surface area contributed by atoms with Crippen LogP contribution in [0.25, 0.3) is 0 Å². The minimum atomic E-state index is -2.89. The van der Waals surface area contributed by atoms with Gasteiger partial charge in [0.2, 0.25) is 11.8 Å². The molecule has 3 fully saturated rings. The number of hydrogen-bond donors (Lipinski definition) is 14. The topological polar surface area (TPSA) is 396 Å². The fourth-order valence-electron chi connectivity index (χ4n) is 6.05. The molecule has 0 unspecified atom stereocenters. The van der Waals surface area contributed by atoms with Gasteiger partial charge in [-0.25, -0.2) is 4.79 Å². The summed E-state index contributed by atoms with van der Waals surface area (Å²) >= 11 is 0. The van der Waals surface area contributed by atoms with Crippen LogP contribution in [0, 0.1) is 0 Å². The summed E-state index contributed by atoms with van der Waals surface area (Å²) in [4.78, 5) is 48.0. The van der Waals surface area contributed by atoms with Gasteiger partial charge in [-0.05, 0) is 6.92 Å². The first-order valence-electron chi connectivity index (χ1n) is 16.4. The van der Waals surface area contributed by atoms with Crippen molar-refractivity contribution < 1.29 is 104 Å². The monoisotopic (exact) mass is 775 g/mol. The number of nitrogens with two attached hydrogens (primary N) is 1. The summed E-state index contributed by atoms with van der Waals surface area (Å²) < 4.78 is 33.6. The quantitative estimate of drug-likeness (QED) is 0.0692. The fourth-order valence-corrected chi connectivity index (χ4v) is 6.05. The molecule has 15 N–H and O–H groups in total. The summed E-state index contributed by atoms with van der Waals surface area (Å²) in [5.41, 5.74) is 5.63. The van der Waals surface area contributed by atoms with Crippen LogP contribution in [0.2, 0.25) is 0 Å². The van der Waals surface area contributed by atoms with Crippen molar-refractivity contribution in [2.45, 2.75) is 137 Å². The van der Waals surface area contributed by atoms with Gasteiger partial charge in [-0.3, -0.25) is 14.4 Å². The van der Waals surface area contributed by atoms with E-state index in [1.165, 1.54) is 6.92 Å². The third-order valence-corrected chi connectivity index (χ3v) is 8.99. The lowest BCUT2D eigenvalue weighted by atomic mass is 9.88. The molecule has 24 nitrogen and oxygen atoms in total. The van der Waals surface area contributed by atoms with Gasteiger partial charge in [-0.1, -0.05) is 0 Å². The predicted octanol–water partition coefficient (Wildman–Crippen LogP) is -8.25. The molecule has 53 heavy (non-hydrogen) atoms. The highest BCUT2D eigenvalue weighted by Gasteiger charge is 2.57. The Hall–Kier alpha value is -2.76. The number of carbonyl (C=O) groups is 4. The van der Waals surface area contributed by atoms with Crippen LogP contribution in [0.4, 0.5) is 0 Å². The molecule has 0 radical (unpaired) electrons. The minimum Gasteiger partial charge on any atom is -0.480 e. The van der Waals surface area contributed by atoms with E-state index in [4.69, 9.17) is 34.2 Å². The molecule has 306 valence electrons. The van der Waals surface area contributed by atoms with Crippen molar-refractivity contribution >= 4 is 23.8 Å². The second kappa shape index (κ2) is 18.7. The van der Waals surface area contributed by atoms with Crippen LogP contribution >= 0.6 is 0 Å². The molecule has 2 amide bonds. The molecule has 3 aliphatic rings. The summed E-state index contributed by atoms with van der Waals surface area (Å²) in [6, 6.07) is -4.66. The van der Waals surface area contributed by atoms with Gasteiger partial charge in [0.1, 0.15) is 73.1 Å². The van der Waals surface area contributed by atoms with Crippen molar-refractivity contribution in [2.75, 3.05) is 19.8 Å². The van der Waals surface area contributed by atoms with E-state index in [1.54, 1.807) is 0 Å². The Labute approximate surface area is 300 Å². The van der Waals surface area contributed by atoms with E-state index in [2.05, 4.69) is 10.6 Å². The second-order valence-electron chi connectivity index (χ2n) is 13.0. The molecule has 0 bridgehead atoms. The van der Waals surface area contributed by atoms with Crippen LogP contribution in [0.15, 0.2) is 0 Å². The van der Waals surface area contributed by atoms with Gasteiger partial charge in [-0.15, -0.1) is 0 Å². The highest BCUT2D eigenvalue weighted by molar-refractivity contribution is 5.76.